The van der Waals surface area contributed by atoms with Gasteiger partial charge in [0, 0.05) is 24.8 Å². The maximum atomic E-state index is 13.1. The van der Waals surface area contributed by atoms with Crippen LogP contribution in [0.1, 0.15) is 52.0 Å². The fourth-order valence-electron chi connectivity index (χ4n) is 4.18. The van der Waals surface area contributed by atoms with E-state index in [0.717, 1.165) is 24.9 Å². The Labute approximate surface area is 208 Å². The molecule has 10 heteroatoms. The number of amides is 2. The van der Waals surface area contributed by atoms with Crippen LogP contribution in [0, 0.1) is 5.92 Å². The number of rotatable bonds is 7. The average Bonchev–Trinajstić information content (AvgIpc) is 3.26. The Morgan fingerprint density at radius 1 is 1.23 bits per heavy atom. The number of hydrogen-bond donors (Lipinski definition) is 2. The largest absolute Gasteiger partial charge is 0.354 e. The molecule has 1 aliphatic rings. The first-order chi connectivity index (χ1) is 16.7. The van der Waals surface area contributed by atoms with Crippen LogP contribution in [0.4, 0.5) is 10.8 Å². The summed E-state index contributed by atoms with van der Waals surface area (Å²) in [6.07, 6.45) is 3.08. The van der Waals surface area contributed by atoms with Crippen LogP contribution in [0.3, 0.4) is 0 Å². The van der Waals surface area contributed by atoms with Crippen molar-refractivity contribution >= 4 is 44.3 Å². The first-order valence-electron chi connectivity index (χ1n) is 12.0. The minimum Gasteiger partial charge on any atom is -0.354 e. The van der Waals surface area contributed by atoms with E-state index in [-0.39, 0.29) is 35.9 Å². The molecule has 2 N–H and O–H groups in total. The van der Waals surface area contributed by atoms with Gasteiger partial charge in [-0.15, -0.1) is 0 Å². The number of carbonyl (C=O) groups is 2. The fraction of sp³-hybridized carbons (Fsp3) is 0.480. The molecule has 2 aromatic heterocycles. The highest BCUT2D eigenvalue weighted by Crippen LogP contribution is 2.29. The van der Waals surface area contributed by atoms with Gasteiger partial charge >= 0.3 is 0 Å². The highest BCUT2D eigenvalue weighted by atomic mass is 32.1. The Hall–Kier alpha value is -3.27. The van der Waals surface area contributed by atoms with E-state index in [1.165, 1.54) is 22.2 Å². The molecule has 1 aromatic carbocycles. The second-order valence-electron chi connectivity index (χ2n) is 9.60. The van der Waals surface area contributed by atoms with E-state index < -0.39 is 0 Å². The Morgan fingerprint density at radius 2 is 2.03 bits per heavy atom. The molecule has 4 rings (SSSR count). The van der Waals surface area contributed by atoms with E-state index in [0.29, 0.717) is 33.6 Å². The smallest absolute Gasteiger partial charge is 0.273 e. The molecule has 0 saturated carbocycles. The Balaban J connectivity index is 1.48. The molecule has 1 atom stereocenters. The van der Waals surface area contributed by atoms with Gasteiger partial charge in [0.15, 0.2) is 10.8 Å². The number of anilines is 2. The molecule has 3 aromatic rings. The van der Waals surface area contributed by atoms with Gasteiger partial charge in [-0.05, 0) is 50.3 Å². The number of benzene rings is 1. The van der Waals surface area contributed by atoms with Crippen LogP contribution in [0.5, 0.6) is 0 Å². The van der Waals surface area contributed by atoms with Gasteiger partial charge in [0.25, 0.3) is 5.56 Å². The average molecular weight is 497 g/mol. The van der Waals surface area contributed by atoms with Gasteiger partial charge in [-0.25, -0.2) is 4.98 Å². The van der Waals surface area contributed by atoms with Crippen molar-refractivity contribution in [1.29, 1.82) is 0 Å². The summed E-state index contributed by atoms with van der Waals surface area (Å²) in [4.78, 5) is 49.1. The highest BCUT2D eigenvalue weighted by Gasteiger charge is 2.28. The van der Waals surface area contributed by atoms with Crippen molar-refractivity contribution in [1.82, 2.24) is 19.9 Å². The van der Waals surface area contributed by atoms with Gasteiger partial charge in [0.2, 0.25) is 11.8 Å². The maximum absolute atomic E-state index is 13.1. The number of nitrogens with zero attached hydrogens (tertiary/aromatic N) is 4. The highest BCUT2D eigenvalue weighted by molar-refractivity contribution is 7.22. The minimum atomic E-state index is -0.297. The van der Waals surface area contributed by atoms with Gasteiger partial charge in [0.05, 0.1) is 5.92 Å². The van der Waals surface area contributed by atoms with Crippen molar-refractivity contribution in [2.24, 2.45) is 5.92 Å². The zero-order chi connectivity index (χ0) is 25.1. The van der Waals surface area contributed by atoms with Crippen molar-refractivity contribution in [3.63, 3.8) is 0 Å². The number of carbonyl (C=O) groups excluding carboxylic acids is 2. The standard InChI is InChI=1S/C25H32N6O3S/c1-15(2)17-7-5-9-19(11-17)28-20(32)13-31-14-26-22-21(24(31)34)35-25(29-22)30-10-6-8-18(12-30)23(33)27-16(3)4/h5,7,9,11,14-16,18H,6,8,10,12-13H2,1-4H3,(H,27,33)(H,28,32)/t18-/m0/s1. The number of aromatic nitrogens is 3. The molecule has 2 amide bonds. The van der Waals surface area contributed by atoms with Crippen LogP contribution in [0.25, 0.3) is 10.3 Å². The Kier molecular flexibility index (Phi) is 7.49. The van der Waals surface area contributed by atoms with Gasteiger partial charge in [-0.3, -0.25) is 19.0 Å². The summed E-state index contributed by atoms with van der Waals surface area (Å²) < 4.78 is 1.71. The van der Waals surface area contributed by atoms with Crippen molar-refractivity contribution in [2.45, 2.75) is 59.0 Å². The Morgan fingerprint density at radius 3 is 2.77 bits per heavy atom. The lowest BCUT2D eigenvalue weighted by Crippen LogP contribution is -2.44. The van der Waals surface area contributed by atoms with E-state index in [1.807, 2.05) is 38.1 Å². The van der Waals surface area contributed by atoms with Crippen molar-refractivity contribution in [3.8, 4) is 0 Å². The van der Waals surface area contributed by atoms with E-state index in [2.05, 4.69) is 39.3 Å². The molecule has 0 radical (unpaired) electrons. The molecular formula is C25H32N6O3S. The number of nitrogens with one attached hydrogen (secondary N) is 2. The number of thiazole rings is 1. The third kappa shape index (κ3) is 5.87. The SMILES string of the molecule is CC(C)NC(=O)[C@H]1CCCN(c2nc3ncn(CC(=O)Nc4cccc(C(C)C)c4)c(=O)c3s2)C1. The molecule has 1 aliphatic heterocycles. The van der Waals surface area contributed by atoms with Gasteiger partial charge in [-0.1, -0.05) is 37.3 Å². The van der Waals surface area contributed by atoms with E-state index in [4.69, 9.17) is 0 Å². The number of hydrogen-bond acceptors (Lipinski definition) is 7. The summed E-state index contributed by atoms with van der Waals surface area (Å²) in [5.41, 5.74) is 1.90. The van der Waals surface area contributed by atoms with E-state index >= 15 is 0 Å². The van der Waals surface area contributed by atoms with E-state index in [9.17, 15) is 14.4 Å². The minimum absolute atomic E-state index is 0.0521. The van der Waals surface area contributed by atoms with Gasteiger partial charge < -0.3 is 15.5 Å². The molecule has 35 heavy (non-hydrogen) atoms. The topological polar surface area (TPSA) is 109 Å². The van der Waals surface area contributed by atoms with E-state index in [1.54, 1.807) is 0 Å². The predicted octanol–water partition coefficient (Wildman–Crippen LogP) is 3.36. The summed E-state index contributed by atoms with van der Waals surface area (Å²) in [6, 6.07) is 7.79. The van der Waals surface area contributed by atoms with Crippen LogP contribution >= 0.6 is 11.3 Å². The molecule has 3 heterocycles. The van der Waals surface area contributed by atoms with Crippen LogP contribution in [0.15, 0.2) is 35.4 Å². The zero-order valence-electron chi connectivity index (χ0n) is 20.6. The summed E-state index contributed by atoms with van der Waals surface area (Å²) in [6.45, 7) is 9.28. The second kappa shape index (κ2) is 10.6. The van der Waals surface area contributed by atoms with Crippen LogP contribution in [-0.4, -0.2) is 45.5 Å². The molecular weight excluding hydrogens is 464 g/mol. The lowest BCUT2D eigenvalue weighted by atomic mass is 9.97. The number of piperidine rings is 1. The molecule has 186 valence electrons. The third-order valence-electron chi connectivity index (χ3n) is 6.02. The molecule has 1 fully saturated rings. The summed E-state index contributed by atoms with van der Waals surface area (Å²) in [5, 5.41) is 6.53. The van der Waals surface area contributed by atoms with Crippen LogP contribution < -0.4 is 21.1 Å². The quantitative estimate of drug-likeness (QED) is 0.519. The van der Waals surface area contributed by atoms with Crippen molar-refractivity contribution in [2.75, 3.05) is 23.3 Å². The predicted molar refractivity (Wildman–Crippen MR) is 139 cm³/mol. The summed E-state index contributed by atoms with van der Waals surface area (Å²) in [5.74, 6) is -0.00721. The first-order valence-corrected chi connectivity index (χ1v) is 12.8. The molecule has 0 spiro atoms. The second-order valence-corrected chi connectivity index (χ2v) is 10.6. The lowest BCUT2D eigenvalue weighted by Gasteiger charge is -2.32. The van der Waals surface area contributed by atoms with Crippen molar-refractivity contribution in [3.05, 3.63) is 46.5 Å². The maximum Gasteiger partial charge on any atom is 0.273 e. The summed E-state index contributed by atoms with van der Waals surface area (Å²) >= 11 is 1.26. The number of fused-ring (bicyclic) bond motifs is 1. The summed E-state index contributed by atoms with van der Waals surface area (Å²) in [7, 11) is 0. The molecule has 0 bridgehead atoms. The fourth-order valence-corrected chi connectivity index (χ4v) is 5.18. The van der Waals surface area contributed by atoms with Crippen molar-refractivity contribution < 1.29 is 9.59 Å². The molecule has 0 aliphatic carbocycles. The molecule has 0 unspecified atom stereocenters. The normalized spacial score (nSPS) is 16.2. The third-order valence-corrected chi connectivity index (χ3v) is 7.11. The van der Waals surface area contributed by atoms with Crippen LogP contribution in [0.2, 0.25) is 0 Å². The molecule has 9 nitrogen and oxygen atoms in total. The first kappa shape index (κ1) is 24.8. The molecule has 1 saturated heterocycles. The van der Waals surface area contributed by atoms with Gasteiger partial charge in [0.1, 0.15) is 17.6 Å². The Bertz CT molecular complexity index is 1280. The van der Waals surface area contributed by atoms with Gasteiger partial charge in [-0.2, -0.15) is 4.98 Å². The van der Waals surface area contributed by atoms with Crippen LogP contribution in [-0.2, 0) is 16.1 Å². The monoisotopic (exact) mass is 496 g/mol. The lowest BCUT2D eigenvalue weighted by molar-refractivity contribution is -0.125. The zero-order valence-corrected chi connectivity index (χ0v) is 21.4.